The van der Waals surface area contributed by atoms with E-state index in [1.54, 1.807) is 47.4 Å². The van der Waals surface area contributed by atoms with Crippen molar-refractivity contribution in [3.8, 4) is 0 Å². The predicted molar refractivity (Wildman–Crippen MR) is 102 cm³/mol. The van der Waals surface area contributed by atoms with Crippen LogP contribution in [0.3, 0.4) is 0 Å². The van der Waals surface area contributed by atoms with Crippen LogP contribution in [0.5, 0.6) is 0 Å². The first-order chi connectivity index (χ1) is 12.6. The van der Waals surface area contributed by atoms with Gasteiger partial charge in [-0.25, -0.2) is 13.2 Å². The van der Waals surface area contributed by atoms with Crippen LogP contribution in [0, 0.1) is 0 Å². The third kappa shape index (κ3) is 4.25. The highest BCUT2D eigenvalue weighted by Gasteiger charge is 2.30. The molecule has 1 saturated heterocycles. The summed E-state index contributed by atoms with van der Waals surface area (Å²) in [5.41, 5.74) is 0.676. The van der Waals surface area contributed by atoms with Crippen LogP contribution in [0.1, 0.15) is 30.1 Å². The van der Waals surface area contributed by atoms with E-state index in [1.165, 1.54) is 0 Å². The summed E-state index contributed by atoms with van der Waals surface area (Å²) in [4.78, 5) is 14.4. The van der Waals surface area contributed by atoms with Crippen LogP contribution in [0.15, 0.2) is 65.6 Å². The fraction of sp³-hybridized carbons (Fsp3) is 0.350. The van der Waals surface area contributed by atoms with Gasteiger partial charge in [-0.3, -0.25) is 0 Å². The monoisotopic (exact) mass is 372 g/mol. The van der Waals surface area contributed by atoms with E-state index in [0.717, 1.165) is 32.4 Å². The first-order valence-corrected chi connectivity index (χ1v) is 10.5. The van der Waals surface area contributed by atoms with Gasteiger partial charge in [-0.1, -0.05) is 48.5 Å². The number of rotatable bonds is 5. The third-order valence-electron chi connectivity index (χ3n) is 4.70. The predicted octanol–water partition coefficient (Wildman–Crippen LogP) is 3.40. The number of amides is 2. The molecule has 2 aromatic carbocycles. The second-order valence-electron chi connectivity index (χ2n) is 6.49. The van der Waals surface area contributed by atoms with Crippen molar-refractivity contribution in [1.82, 2.24) is 10.2 Å². The molecule has 0 radical (unpaired) electrons. The number of piperidine rings is 1. The number of urea groups is 1. The highest BCUT2D eigenvalue weighted by Crippen LogP contribution is 2.28. The molecule has 1 heterocycles. The van der Waals surface area contributed by atoms with Crippen LogP contribution >= 0.6 is 0 Å². The molecule has 1 aliphatic heterocycles. The van der Waals surface area contributed by atoms with E-state index in [4.69, 9.17) is 0 Å². The summed E-state index contributed by atoms with van der Waals surface area (Å²) in [6.45, 7) is 1.51. The topological polar surface area (TPSA) is 66.5 Å². The Kier molecular flexibility index (Phi) is 5.93. The number of carbonyl (C=O) groups is 1. The molecule has 0 aromatic heterocycles. The van der Waals surface area contributed by atoms with E-state index in [1.807, 2.05) is 18.2 Å². The van der Waals surface area contributed by atoms with Crippen molar-refractivity contribution in [2.45, 2.75) is 29.4 Å². The van der Waals surface area contributed by atoms with Crippen LogP contribution < -0.4 is 5.32 Å². The molecule has 1 atom stereocenters. The quantitative estimate of drug-likeness (QED) is 0.875. The normalized spacial score (nSPS) is 16.1. The van der Waals surface area contributed by atoms with Crippen molar-refractivity contribution in [2.24, 2.45) is 0 Å². The number of sulfone groups is 1. The highest BCUT2D eigenvalue weighted by molar-refractivity contribution is 7.91. The summed E-state index contributed by atoms with van der Waals surface area (Å²) in [5, 5.41) is 2.02. The van der Waals surface area contributed by atoms with Gasteiger partial charge in [0.25, 0.3) is 0 Å². The van der Waals surface area contributed by atoms with E-state index in [2.05, 4.69) is 5.32 Å². The minimum Gasteiger partial charge on any atom is -0.336 e. The molecular formula is C20H24N2O3S. The molecule has 0 saturated carbocycles. The van der Waals surface area contributed by atoms with Crippen molar-refractivity contribution < 1.29 is 13.2 Å². The molecule has 3 rings (SSSR count). The second kappa shape index (κ2) is 8.36. The maximum atomic E-state index is 13.2. The van der Waals surface area contributed by atoms with Gasteiger partial charge in [0.1, 0.15) is 5.25 Å². The van der Waals surface area contributed by atoms with E-state index >= 15 is 0 Å². The van der Waals surface area contributed by atoms with Crippen LogP contribution in [0.4, 0.5) is 4.79 Å². The van der Waals surface area contributed by atoms with Gasteiger partial charge in [-0.2, -0.15) is 0 Å². The lowest BCUT2D eigenvalue weighted by Crippen LogP contribution is -2.44. The minimum absolute atomic E-state index is 0.0522. The molecular weight excluding hydrogens is 348 g/mol. The maximum absolute atomic E-state index is 13.2. The molecule has 6 heteroatoms. The molecule has 2 aromatic rings. The zero-order valence-electron chi connectivity index (χ0n) is 14.7. The lowest BCUT2D eigenvalue weighted by molar-refractivity contribution is 0.186. The molecule has 1 fully saturated rings. The van der Waals surface area contributed by atoms with Gasteiger partial charge in [0.15, 0.2) is 9.84 Å². The van der Waals surface area contributed by atoms with Crippen molar-refractivity contribution >= 4 is 15.9 Å². The number of likely N-dealkylation sites (tertiary alicyclic amines) is 1. The van der Waals surface area contributed by atoms with E-state index in [-0.39, 0.29) is 17.5 Å². The van der Waals surface area contributed by atoms with Crippen molar-refractivity contribution in [3.63, 3.8) is 0 Å². The van der Waals surface area contributed by atoms with Gasteiger partial charge < -0.3 is 10.2 Å². The Morgan fingerprint density at radius 2 is 1.50 bits per heavy atom. The van der Waals surface area contributed by atoms with Crippen LogP contribution in [0.25, 0.3) is 0 Å². The van der Waals surface area contributed by atoms with Gasteiger partial charge in [0.05, 0.1) is 4.90 Å². The molecule has 0 unspecified atom stereocenters. The molecule has 5 nitrogen and oxygen atoms in total. The Bertz CT molecular complexity index is 817. The van der Waals surface area contributed by atoms with Gasteiger partial charge in [-0.15, -0.1) is 0 Å². The van der Waals surface area contributed by atoms with E-state index in [0.29, 0.717) is 5.56 Å². The molecule has 1 aliphatic rings. The lowest BCUT2D eigenvalue weighted by Gasteiger charge is -2.28. The Morgan fingerprint density at radius 3 is 2.12 bits per heavy atom. The standard InChI is InChI=1S/C20H24N2O3S/c23-20(22-14-8-3-9-15-22)21-16-19(17-10-4-1-5-11-17)26(24,25)18-12-6-2-7-13-18/h1-2,4-7,10-13,19H,3,8-9,14-16H2,(H,21,23)/t19-/m0/s1. The smallest absolute Gasteiger partial charge is 0.317 e. The molecule has 26 heavy (non-hydrogen) atoms. The van der Waals surface area contributed by atoms with Gasteiger partial charge in [0, 0.05) is 19.6 Å². The summed E-state index contributed by atoms with van der Waals surface area (Å²) in [5.74, 6) is 0. The Morgan fingerprint density at radius 1 is 0.923 bits per heavy atom. The van der Waals surface area contributed by atoms with Crippen LogP contribution in [-0.4, -0.2) is 39.0 Å². The van der Waals surface area contributed by atoms with Crippen molar-refractivity contribution in [3.05, 3.63) is 66.2 Å². The minimum atomic E-state index is -3.61. The molecule has 138 valence electrons. The summed E-state index contributed by atoms with van der Waals surface area (Å²) >= 11 is 0. The molecule has 0 bridgehead atoms. The number of hydrogen-bond acceptors (Lipinski definition) is 3. The SMILES string of the molecule is O=C(NC[C@@H](c1ccccc1)S(=O)(=O)c1ccccc1)N1CCCCC1. The Hall–Kier alpha value is -2.34. The number of nitrogens with one attached hydrogen (secondary N) is 1. The highest BCUT2D eigenvalue weighted by atomic mass is 32.2. The summed E-state index contributed by atoms with van der Waals surface area (Å²) in [6, 6.07) is 17.3. The average molecular weight is 372 g/mol. The third-order valence-corrected chi connectivity index (χ3v) is 6.82. The largest absolute Gasteiger partial charge is 0.336 e. The Balaban J connectivity index is 1.81. The number of carbonyl (C=O) groups excluding carboxylic acids is 1. The van der Waals surface area contributed by atoms with Crippen LogP contribution in [-0.2, 0) is 9.84 Å². The molecule has 1 N–H and O–H groups in total. The van der Waals surface area contributed by atoms with Crippen LogP contribution in [0.2, 0.25) is 0 Å². The fourth-order valence-corrected chi connectivity index (χ4v) is 4.92. The summed E-state index contributed by atoms with van der Waals surface area (Å²) < 4.78 is 26.3. The maximum Gasteiger partial charge on any atom is 0.317 e. The number of hydrogen-bond donors (Lipinski definition) is 1. The van der Waals surface area contributed by atoms with Crippen molar-refractivity contribution in [2.75, 3.05) is 19.6 Å². The number of benzene rings is 2. The van der Waals surface area contributed by atoms with Gasteiger partial charge in [0.2, 0.25) is 0 Å². The Labute approximate surface area is 154 Å². The second-order valence-corrected chi connectivity index (χ2v) is 8.62. The first kappa shape index (κ1) is 18.5. The lowest BCUT2D eigenvalue weighted by atomic mass is 10.1. The summed E-state index contributed by atoms with van der Waals surface area (Å²) in [7, 11) is -3.61. The number of nitrogens with zero attached hydrogens (tertiary/aromatic N) is 1. The van der Waals surface area contributed by atoms with E-state index < -0.39 is 15.1 Å². The molecule has 0 aliphatic carbocycles. The summed E-state index contributed by atoms with van der Waals surface area (Å²) in [6.07, 6.45) is 3.13. The first-order valence-electron chi connectivity index (χ1n) is 8.96. The van der Waals surface area contributed by atoms with Gasteiger partial charge in [-0.05, 0) is 37.0 Å². The zero-order valence-corrected chi connectivity index (χ0v) is 15.5. The van der Waals surface area contributed by atoms with Crippen molar-refractivity contribution in [1.29, 1.82) is 0 Å². The van der Waals surface area contributed by atoms with Gasteiger partial charge >= 0.3 is 6.03 Å². The average Bonchev–Trinajstić information content (AvgIpc) is 2.70. The molecule has 2 amide bonds. The molecule has 0 spiro atoms. The fourth-order valence-electron chi connectivity index (χ4n) is 3.24. The van der Waals surface area contributed by atoms with E-state index in [9.17, 15) is 13.2 Å². The zero-order chi connectivity index (χ0) is 18.4.